The SMILES string of the molecule is C[C@H](N)c1cccc(F)c1N(C)C1CCSC1. The summed E-state index contributed by atoms with van der Waals surface area (Å²) in [5, 5.41) is 0. The summed E-state index contributed by atoms with van der Waals surface area (Å²) in [6.45, 7) is 1.90. The van der Waals surface area contributed by atoms with Gasteiger partial charge in [-0.2, -0.15) is 11.8 Å². The number of nitrogens with zero attached hydrogens (tertiary/aromatic N) is 1. The summed E-state index contributed by atoms with van der Waals surface area (Å²) < 4.78 is 14.0. The van der Waals surface area contributed by atoms with Crippen molar-refractivity contribution in [2.24, 2.45) is 5.73 Å². The fraction of sp³-hybridized carbons (Fsp3) is 0.538. The highest BCUT2D eigenvalue weighted by molar-refractivity contribution is 7.99. The summed E-state index contributed by atoms with van der Waals surface area (Å²) in [5.41, 5.74) is 7.49. The molecular weight excluding hydrogens is 235 g/mol. The van der Waals surface area contributed by atoms with Gasteiger partial charge in [-0.05, 0) is 30.7 Å². The van der Waals surface area contributed by atoms with Gasteiger partial charge in [0.2, 0.25) is 0 Å². The maximum atomic E-state index is 14.0. The highest BCUT2D eigenvalue weighted by atomic mass is 32.2. The molecule has 0 bridgehead atoms. The van der Waals surface area contributed by atoms with Gasteiger partial charge in [0.25, 0.3) is 0 Å². The monoisotopic (exact) mass is 254 g/mol. The largest absolute Gasteiger partial charge is 0.368 e. The van der Waals surface area contributed by atoms with E-state index >= 15 is 0 Å². The van der Waals surface area contributed by atoms with E-state index in [1.54, 1.807) is 6.07 Å². The van der Waals surface area contributed by atoms with Crippen molar-refractivity contribution in [1.29, 1.82) is 0 Å². The lowest BCUT2D eigenvalue weighted by atomic mass is 10.0. The van der Waals surface area contributed by atoms with Crippen LogP contribution in [-0.2, 0) is 0 Å². The first kappa shape index (κ1) is 12.7. The lowest BCUT2D eigenvalue weighted by Gasteiger charge is -2.29. The van der Waals surface area contributed by atoms with Crippen LogP contribution in [0.25, 0.3) is 0 Å². The van der Waals surface area contributed by atoms with E-state index in [0.29, 0.717) is 11.7 Å². The van der Waals surface area contributed by atoms with Crippen molar-refractivity contribution in [3.63, 3.8) is 0 Å². The van der Waals surface area contributed by atoms with E-state index in [9.17, 15) is 4.39 Å². The Morgan fingerprint density at radius 2 is 2.29 bits per heavy atom. The Morgan fingerprint density at radius 1 is 1.53 bits per heavy atom. The van der Waals surface area contributed by atoms with Crippen LogP contribution in [0.3, 0.4) is 0 Å². The van der Waals surface area contributed by atoms with Gasteiger partial charge in [0.15, 0.2) is 0 Å². The van der Waals surface area contributed by atoms with Crippen molar-refractivity contribution in [2.45, 2.75) is 25.4 Å². The zero-order valence-electron chi connectivity index (χ0n) is 10.3. The van der Waals surface area contributed by atoms with Crippen LogP contribution in [0.15, 0.2) is 18.2 Å². The minimum Gasteiger partial charge on any atom is -0.368 e. The van der Waals surface area contributed by atoms with Crippen molar-refractivity contribution >= 4 is 17.4 Å². The van der Waals surface area contributed by atoms with Crippen molar-refractivity contribution in [3.8, 4) is 0 Å². The molecule has 1 fully saturated rings. The summed E-state index contributed by atoms with van der Waals surface area (Å²) in [4.78, 5) is 2.06. The van der Waals surface area contributed by atoms with Crippen LogP contribution in [0.4, 0.5) is 10.1 Å². The molecule has 17 heavy (non-hydrogen) atoms. The Kier molecular flexibility index (Phi) is 3.94. The number of hydrogen-bond acceptors (Lipinski definition) is 3. The zero-order chi connectivity index (χ0) is 12.4. The lowest BCUT2D eigenvalue weighted by molar-refractivity contribution is 0.600. The molecule has 94 valence electrons. The first-order valence-corrected chi connectivity index (χ1v) is 7.11. The number of para-hydroxylation sites is 1. The normalized spacial score (nSPS) is 21.5. The van der Waals surface area contributed by atoms with Crippen LogP contribution in [0.1, 0.15) is 24.9 Å². The highest BCUT2D eigenvalue weighted by Crippen LogP contribution is 2.32. The van der Waals surface area contributed by atoms with Crippen LogP contribution in [0.2, 0.25) is 0 Å². The third kappa shape index (κ3) is 2.58. The van der Waals surface area contributed by atoms with Crippen LogP contribution in [-0.4, -0.2) is 24.6 Å². The van der Waals surface area contributed by atoms with E-state index in [4.69, 9.17) is 5.73 Å². The summed E-state index contributed by atoms with van der Waals surface area (Å²) in [6.07, 6.45) is 1.12. The Labute approximate surface area is 106 Å². The second kappa shape index (κ2) is 5.27. The summed E-state index contributed by atoms with van der Waals surface area (Å²) in [6, 6.07) is 5.45. The molecule has 1 aliphatic heterocycles. The fourth-order valence-electron chi connectivity index (χ4n) is 2.28. The van der Waals surface area contributed by atoms with E-state index in [2.05, 4.69) is 4.90 Å². The molecule has 0 aliphatic carbocycles. The van der Waals surface area contributed by atoms with Crippen LogP contribution < -0.4 is 10.6 Å². The van der Waals surface area contributed by atoms with E-state index < -0.39 is 0 Å². The molecule has 1 aromatic rings. The Morgan fingerprint density at radius 3 is 2.88 bits per heavy atom. The number of benzene rings is 1. The minimum atomic E-state index is -0.167. The number of rotatable bonds is 3. The van der Waals surface area contributed by atoms with Crippen molar-refractivity contribution in [1.82, 2.24) is 0 Å². The number of thioether (sulfide) groups is 1. The topological polar surface area (TPSA) is 29.3 Å². The second-order valence-electron chi connectivity index (χ2n) is 4.59. The number of halogens is 1. The lowest BCUT2D eigenvalue weighted by Crippen LogP contribution is -2.33. The molecule has 1 unspecified atom stereocenters. The highest BCUT2D eigenvalue weighted by Gasteiger charge is 2.24. The molecule has 1 saturated heterocycles. The van der Waals surface area contributed by atoms with Crippen LogP contribution in [0, 0.1) is 5.82 Å². The average molecular weight is 254 g/mol. The number of nitrogens with two attached hydrogens (primary N) is 1. The van der Waals surface area contributed by atoms with E-state index in [0.717, 1.165) is 23.5 Å². The maximum Gasteiger partial charge on any atom is 0.146 e. The molecule has 2 atom stereocenters. The molecule has 1 aromatic carbocycles. The molecule has 1 aliphatic rings. The number of anilines is 1. The second-order valence-corrected chi connectivity index (χ2v) is 5.74. The van der Waals surface area contributed by atoms with Crippen molar-refractivity contribution in [2.75, 3.05) is 23.5 Å². The van der Waals surface area contributed by atoms with Crippen LogP contribution in [0.5, 0.6) is 0 Å². The van der Waals surface area contributed by atoms with Gasteiger partial charge in [-0.15, -0.1) is 0 Å². The third-order valence-electron chi connectivity index (χ3n) is 3.31. The standard InChI is InChI=1S/C13H19FN2S/c1-9(15)11-4-3-5-12(14)13(11)16(2)10-6-7-17-8-10/h3-5,9-10H,6-8,15H2,1-2H3/t9-,10?/m0/s1. The van der Waals surface area contributed by atoms with Crippen LogP contribution >= 0.6 is 11.8 Å². The Bertz CT molecular complexity index is 389. The Balaban J connectivity index is 2.35. The minimum absolute atomic E-state index is 0.141. The van der Waals surface area contributed by atoms with E-state index in [-0.39, 0.29) is 11.9 Å². The molecule has 2 rings (SSSR count). The fourth-order valence-corrected chi connectivity index (χ4v) is 3.55. The first-order chi connectivity index (χ1) is 8.11. The maximum absolute atomic E-state index is 14.0. The van der Waals surface area contributed by atoms with Gasteiger partial charge in [0, 0.05) is 24.9 Å². The van der Waals surface area contributed by atoms with Gasteiger partial charge < -0.3 is 10.6 Å². The molecular formula is C13H19FN2S. The van der Waals surface area contributed by atoms with E-state index in [1.807, 2.05) is 31.8 Å². The molecule has 1 heterocycles. The molecule has 2 N–H and O–H groups in total. The summed E-state index contributed by atoms with van der Waals surface area (Å²) in [7, 11) is 1.97. The third-order valence-corrected chi connectivity index (χ3v) is 4.46. The van der Waals surface area contributed by atoms with Crippen molar-refractivity contribution in [3.05, 3.63) is 29.6 Å². The predicted octanol–water partition coefficient (Wildman–Crippen LogP) is 2.79. The van der Waals surface area contributed by atoms with E-state index in [1.165, 1.54) is 6.07 Å². The van der Waals surface area contributed by atoms with Crippen molar-refractivity contribution < 1.29 is 4.39 Å². The molecule has 4 heteroatoms. The average Bonchev–Trinajstić information content (AvgIpc) is 2.81. The van der Waals surface area contributed by atoms with Gasteiger partial charge >= 0.3 is 0 Å². The van der Waals surface area contributed by atoms with Gasteiger partial charge in [0.05, 0.1) is 5.69 Å². The number of hydrogen-bond donors (Lipinski definition) is 1. The van der Waals surface area contributed by atoms with Gasteiger partial charge in [-0.25, -0.2) is 4.39 Å². The molecule has 0 radical (unpaired) electrons. The summed E-state index contributed by atoms with van der Waals surface area (Å²) >= 11 is 1.93. The predicted molar refractivity (Wildman–Crippen MR) is 73.1 cm³/mol. The zero-order valence-corrected chi connectivity index (χ0v) is 11.1. The summed E-state index contributed by atoms with van der Waals surface area (Å²) in [5.74, 6) is 2.07. The quantitative estimate of drug-likeness (QED) is 0.899. The molecule has 0 aromatic heterocycles. The first-order valence-electron chi connectivity index (χ1n) is 5.96. The molecule has 0 saturated carbocycles. The Hall–Kier alpha value is -0.740. The molecule has 0 amide bonds. The van der Waals surface area contributed by atoms with Gasteiger partial charge in [0.1, 0.15) is 5.82 Å². The molecule has 0 spiro atoms. The molecule has 2 nitrogen and oxygen atoms in total. The van der Waals surface area contributed by atoms with Gasteiger partial charge in [-0.1, -0.05) is 12.1 Å². The smallest absolute Gasteiger partial charge is 0.146 e. The van der Waals surface area contributed by atoms with Gasteiger partial charge in [-0.3, -0.25) is 0 Å².